The molecule has 2 N–H and O–H groups in total. The fourth-order valence-electron chi connectivity index (χ4n) is 1.52. The summed E-state index contributed by atoms with van der Waals surface area (Å²) in [6.45, 7) is 3.68. The summed E-state index contributed by atoms with van der Waals surface area (Å²) in [6.07, 6.45) is 3.42. The van der Waals surface area contributed by atoms with Crippen molar-refractivity contribution in [1.29, 1.82) is 0 Å². The van der Waals surface area contributed by atoms with Gasteiger partial charge in [-0.05, 0) is 17.0 Å². The van der Waals surface area contributed by atoms with Crippen LogP contribution in [0.5, 0.6) is 0 Å². The SMILES string of the molecule is C=C(C(N)=O)c1cccc2cnccc12. The molecule has 15 heavy (non-hydrogen) atoms. The van der Waals surface area contributed by atoms with E-state index in [1.165, 1.54) is 0 Å². The highest BCUT2D eigenvalue weighted by molar-refractivity contribution is 6.21. The third-order valence-electron chi connectivity index (χ3n) is 2.30. The average Bonchev–Trinajstić information content (AvgIpc) is 2.27. The smallest absolute Gasteiger partial charge is 0.248 e. The van der Waals surface area contributed by atoms with Gasteiger partial charge in [0.25, 0.3) is 0 Å². The van der Waals surface area contributed by atoms with Crippen molar-refractivity contribution >= 4 is 22.3 Å². The number of benzene rings is 1. The zero-order chi connectivity index (χ0) is 10.8. The van der Waals surface area contributed by atoms with Gasteiger partial charge >= 0.3 is 0 Å². The molecule has 2 rings (SSSR count). The van der Waals surface area contributed by atoms with Crippen LogP contribution < -0.4 is 5.73 Å². The van der Waals surface area contributed by atoms with Gasteiger partial charge in [0.2, 0.25) is 5.91 Å². The quantitative estimate of drug-likeness (QED) is 0.747. The zero-order valence-electron chi connectivity index (χ0n) is 8.10. The van der Waals surface area contributed by atoms with E-state index in [-0.39, 0.29) is 0 Å². The number of fused-ring (bicyclic) bond motifs is 1. The lowest BCUT2D eigenvalue weighted by atomic mass is 10.0. The Morgan fingerprint density at radius 3 is 2.87 bits per heavy atom. The van der Waals surface area contributed by atoms with Crippen molar-refractivity contribution in [3.63, 3.8) is 0 Å². The summed E-state index contributed by atoms with van der Waals surface area (Å²) in [5, 5.41) is 1.91. The highest BCUT2D eigenvalue weighted by Crippen LogP contribution is 2.22. The number of pyridine rings is 1. The van der Waals surface area contributed by atoms with Gasteiger partial charge < -0.3 is 5.73 Å². The van der Waals surface area contributed by atoms with Crippen molar-refractivity contribution in [1.82, 2.24) is 4.98 Å². The monoisotopic (exact) mass is 198 g/mol. The Morgan fingerprint density at radius 2 is 2.13 bits per heavy atom. The van der Waals surface area contributed by atoms with Gasteiger partial charge in [0, 0.05) is 23.4 Å². The molecule has 0 saturated heterocycles. The molecule has 0 aliphatic rings. The standard InChI is InChI=1S/C12H10N2O/c1-8(12(13)15)10-4-2-3-9-7-14-6-5-11(9)10/h2-7H,1H2,(H2,13,15). The summed E-state index contributed by atoms with van der Waals surface area (Å²) in [5.74, 6) is -0.501. The molecule has 2 aromatic rings. The van der Waals surface area contributed by atoms with Crippen LogP contribution in [0.25, 0.3) is 16.3 Å². The van der Waals surface area contributed by atoms with Gasteiger partial charge in [0.05, 0.1) is 0 Å². The second-order valence-electron chi connectivity index (χ2n) is 3.25. The second-order valence-corrected chi connectivity index (χ2v) is 3.25. The zero-order valence-corrected chi connectivity index (χ0v) is 8.10. The maximum Gasteiger partial charge on any atom is 0.248 e. The number of carbonyl (C=O) groups is 1. The van der Waals surface area contributed by atoms with Gasteiger partial charge in [0.1, 0.15) is 0 Å². The fourth-order valence-corrected chi connectivity index (χ4v) is 1.52. The lowest BCUT2D eigenvalue weighted by Crippen LogP contribution is -2.12. The number of hydrogen-bond acceptors (Lipinski definition) is 2. The largest absolute Gasteiger partial charge is 0.366 e. The molecule has 0 aliphatic carbocycles. The Kier molecular flexibility index (Phi) is 2.21. The summed E-state index contributed by atoms with van der Waals surface area (Å²) in [4.78, 5) is 15.1. The predicted octanol–water partition coefficient (Wildman–Crippen LogP) is 1.73. The minimum absolute atomic E-state index is 0.326. The minimum atomic E-state index is -0.501. The molecule has 0 fully saturated rings. The third-order valence-corrected chi connectivity index (χ3v) is 2.30. The van der Waals surface area contributed by atoms with Crippen molar-refractivity contribution < 1.29 is 4.79 Å². The molecule has 3 heteroatoms. The molecule has 74 valence electrons. The third kappa shape index (κ3) is 1.59. The molecule has 1 aromatic heterocycles. The van der Waals surface area contributed by atoms with E-state index in [1.807, 2.05) is 24.3 Å². The maximum atomic E-state index is 11.1. The molecule has 1 heterocycles. The van der Waals surface area contributed by atoms with Crippen LogP contribution in [-0.2, 0) is 4.79 Å². The van der Waals surface area contributed by atoms with E-state index >= 15 is 0 Å². The first-order valence-corrected chi connectivity index (χ1v) is 4.52. The number of rotatable bonds is 2. The first-order chi connectivity index (χ1) is 7.20. The highest BCUT2D eigenvalue weighted by atomic mass is 16.1. The van der Waals surface area contributed by atoms with Crippen LogP contribution >= 0.6 is 0 Å². The first-order valence-electron chi connectivity index (χ1n) is 4.52. The summed E-state index contributed by atoms with van der Waals surface area (Å²) in [7, 11) is 0. The molecular formula is C12H10N2O. The van der Waals surface area contributed by atoms with Gasteiger partial charge in [-0.25, -0.2) is 0 Å². The Bertz CT molecular complexity index is 541. The number of hydrogen-bond donors (Lipinski definition) is 1. The van der Waals surface area contributed by atoms with Crippen LogP contribution in [0.4, 0.5) is 0 Å². The number of nitrogens with two attached hydrogens (primary N) is 1. The van der Waals surface area contributed by atoms with E-state index < -0.39 is 5.91 Å². The molecule has 0 bridgehead atoms. The van der Waals surface area contributed by atoms with Gasteiger partial charge in [-0.2, -0.15) is 0 Å². The van der Waals surface area contributed by atoms with Crippen molar-refractivity contribution in [2.75, 3.05) is 0 Å². The molecule has 0 aliphatic heterocycles. The van der Waals surface area contributed by atoms with Crippen molar-refractivity contribution in [2.45, 2.75) is 0 Å². The highest BCUT2D eigenvalue weighted by Gasteiger charge is 2.08. The van der Waals surface area contributed by atoms with Crippen LogP contribution in [0.2, 0.25) is 0 Å². The van der Waals surface area contributed by atoms with Crippen LogP contribution in [0.1, 0.15) is 5.56 Å². The molecule has 0 unspecified atom stereocenters. The maximum absolute atomic E-state index is 11.1. The molecule has 1 amide bonds. The average molecular weight is 198 g/mol. The summed E-state index contributed by atoms with van der Waals surface area (Å²) < 4.78 is 0. The van der Waals surface area contributed by atoms with Crippen LogP contribution in [0.15, 0.2) is 43.2 Å². The fraction of sp³-hybridized carbons (Fsp3) is 0. The normalized spacial score (nSPS) is 10.1. The molecule has 0 atom stereocenters. The Morgan fingerprint density at radius 1 is 1.33 bits per heavy atom. The van der Waals surface area contributed by atoms with Gasteiger partial charge in [0.15, 0.2) is 0 Å². The van der Waals surface area contributed by atoms with Crippen LogP contribution in [-0.4, -0.2) is 10.9 Å². The van der Waals surface area contributed by atoms with E-state index in [4.69, 9.17) is 5.73 Å². The second kappa shape index (κ2) is 3.53. The van der Waals surface area contributed by atoms with Gasteiger partial charge in [-0.15, -0.1) is 0 Å². The number of carbonyl (C=O) groups excluding carboxylic acids is 1. The van der Waals surface area contributed by atoms with Crippen molar-refractivity contribution in [2.24, 2.45) is 5.73 Å². The molecule has 1 aromatic carbocycles. The van der Waals surface area contributed by atoms with Crippen LogP contribution in [0, 0.1) is 0 Å². The molecule has 0 radical (unpaired) electrons. The van der Waals surface area contributed by atoms with Gasteiger partial charge in [-0.3, -0.25) is 9.78 Å². The number of amides is 1. The summed E-state index contributed by atoms with van der Waals surface area (Å²) in [6, 6.07) is 7.46. The lowest BCUT2D eigenvalue weighted by Gasteiger charge is -2.05. The van der Waals surface area contributed by atoms with Crippen LogP contribution in [0.3, 0.4) is 0 Å². The first kappa shape index (κ1) is 9.40. The molecular weight excluding hydrogens is 188 g/mol. The van der Waals surface area contributed by atoms with Crippen molar-refractivity contribution in [3.8, 4) is 0 Å². The number of primary amides is 1. The number of nitrogens with zero attached hydrogens (tertiary/aromatic N) is 1. The summed E-state index contributed by atoms with van der Waals surface area (Å²) >= 11 is 0. The van der Waals surface area contributed by atoms with E-state index in [1.54, 1.807) is 12.4 Å². The van der Waals surface area contributed by atoms with E-state index in [0.717, 1.165) is 16.3 Å². The predicted molar refractivity (Wildman–Crippen MR) is 60.0 cm³/mol. The van der Waals surface area contributed by atoms with Crippen molar-refractivity contribution in [3.05, 3.63) is 48.8 Å². The molecule has 3 nitrogen and oxygen atoms in total. The number of aromatic nitrogens is 1. The Labute approximate surface area is 87.2 Å². The Balaban J connectivity index is 2.71. The molecule has 0 saturated carbocycles. The van der Waals surface area contributed by atoms with Gasteiger partial charge in [-0.1, -0.05) is 24.8 Å². The minimum Gasteiger partial charge on any atom is -0.366 e. The summed E-state index contributed by atoms with van der Waals surface area (Å²) in [5.41, 5.74) is 6.30. The lowest BCUT2D eigenvalue weighted by molar-refractivity contribution is -0.112. The molecule has 0 spiro atoms. The van der Waals surface area contributed by atoms with E-state index in [9.17, 15) is 4.79 Å². The Hall–Kier alpha value is -2.16. The van der Waals surface area contributed by atoms with E-state index in [2.05, 4.69) is 11.6 Å². The topological polar surface area (TPSA) is 56.0 Å². The van der Waals surface area contributed by atoms with E-state index in [0.29, 0.717) is 5.57 Å².